The number of nitrogens with two attached hydrogens (primary N) is 1. The zero-order valence-electron chi connectivity index (χ0n) is 8.75. The minimum absolute atomic E-state index is 0.0449. The van der Waals surface area contributed by atoms with Gasteiger partial charge in [-0.1, -0.05) is 24.6 Å². The molecule has 1 aromatic carbocycles. The predicted molar refractivity (Wildman–Crippen MR) is 59.0 cm³/mol. The van der Waals surface area contributed by atoms with Crippen molar-refractivity contribution in [3.8, 4) is 0 Å². The van der Waals surface area contributed by atoms with E-state index in [1.54, 1.807) is 12.1 Å². The minimum atomic E-state index is -0.167. The number of hydrogen-bond acceptors (Lipinski definition) is 2. The number of rotatable bonds is 4. The third kappa shape index (κ3) is 2.36. The van der Waals surface area contributed by atoms with Gasteiger partial charge in [0, 0.05) is 24.2 Å². The Morgan fingerprint density at radius 3 is 2.67 bits per heavy atom. The molecule has 15 heavy (non-hydrogen) atoms. The molecule has 0 aromatic heterocycles. The molecule has 0 amide bonds. The average Bonchev–Trinajstić information content (AvgIpc) is 2.19. The van der Waals surface area contributed by atoms with Gasteiger partial charge in [-0.15, -0.1) is 0 Å². The Labute approximate surface area is 89.7 Å². The summed E-state index contributed by atoms with van der Waals surface area (Å²) in [5, 5.41) is 3.40. The number of hydrogen-bond donors (Lipinski definition) is 2. The summed E-state index contributed by atoms with van der Waals surface area (Å²) in [7, 11) is 0. The Hall–Kier alpha value is -0.930. The highest BCUT2D eigenvalue weighted by Crippen LogP contribution is 2.23. The van der Waals surface area contributed by atoms with Gasteiger partial charge in [-0.2, -0.15) is 0 Å². The first kappa shape index (κ1) is 10.6. The van der Waals surface area contributed by atoms with Gasteiger partial charge < -0.3 is 11.1 Å². The number of nitrogens with one attached hydrogen (secondary N) is 1. The van der Waals surface area contributed by atoms with Crippen molar-refractivity contribution in [2.45, 2.75) is 31.3 Å². The van der Waals surface area contributed by atoms with Crippen LogP contribution < -0.4 is 11.1 Å². The van der Waals surface area contributed by atoms with Crippen molar-refractivity contribution in [1.29, 1.82) is 0 Å². The third-order valence-corrected chi connectivity index (χ3v) is 3.06. The number of halogens is 1. The van der Waals surface area contributed by atoms with Gasteiger partial charge in [0.15, 0.2) is 0 Å². The van der Waals surface area contributed by atoms with Crippen molar-refractivity contribution in [1.82, 2.24) is 5.32 Å². The Bertz CT molecular complexity index is 323. The van der Waals surface area contributed by atoms with E-state index in [2.05, 4.69) is 5.32 Å². The van der Waals surface area contributed by atoms with Crippen molar-refractivity contribution in [3.05, 3.63) is 35.6 Å². The monoisotopic (exact) mass is 208 g/mol. The fourth-order valence-electron chi connectivity index (χ4n) is 1.90. The van der Waals surface area contributed by atoms with Crippen LogP contribution in [0.25, 0.3) is 0 Å². The number of benzene rings is 1. The van der Waals surface area contributed by atoms with Crippen molar-refractivity contribution < 1.29 is 4.39 Å². The van der Waals surface area contributed by atoms with Gasteiger partial charge >= 0.3 is 0 Å². The third-order valence-electron chi connectivity index (χ3n) is 3.06. The quantitative estimate of drug-likeness (QED) is 0.794. The van der Waals surface area contributed by atoms with Crippen LogP contribution in [-0.2, 0) is 0 Å². The van der Waals surface area contributed by atoms with Crippen LogP contribution in [0.1, 0.15) is 30.9 Å². The first-order chi connectivity index (χ1) is 7.31. The van der Waals surface area contributed by atoms with E-state index in [0.717, 1.165) is 0 Å². The Balaban J connectivity index is 2.07. The molecule has 0 saturated heterocycles. The molecule has 0 spiro atoms. The maximum atomic E-state index is 13.5. The van der Waals surface area contributed by atoms with Gasteiger partial charge in [0.25, 0.3) is 0 Å². The standard InChI is InChI=1S/C12H17FN2/c13-11-7-2-1-6-10(11)12(8-14)15-9-4-3-5-9/h1-2,6-7,9,12,15H,3-5,8,14H2. The van der Waals surface area contributed by atoms with Crippen LogP contribution in [0.2, 0.25) is 0 Å². The second-order valence-electron chi connectivity index (χ2n) is 4.10. The molecule has 0 aliphatic heterocycles. The Kier molecular flexibility index (Phi) is 3.34. The molecule has 0 radical (unpaired) electrons. The fraction of sp³-hybridized carbons (Fsp3) is 0.500. The van der Waals surface area contributed by atoms with E-state index in [1.807, 2.05) is 6.07 Å². The molecule has 2 rings (SSSR count). The molecule has 2 nitrogen and oxygen atoms in total. The second-order valence-corrected chi connectivity index (χ2v) is 4.10. The van der Waals surface area contributed by atoms with Crippen molar-refractivity contribution in [3.63, 3.8) is 0 Å². The molecule has 1 saturated carbocycles. The fourth-order valence-corrected chi connectivity index (χ4v) is 1.90. The van der Waals surface area contributed by atoms with Gasteiger partial charge in [0.2, 0.25) is 0 Å². The van der Waals surface area contributed by atoms with Crippen LogP contribution >= 0.6 is 0 Å². The van der Waals surface area contributed by atoms with E-state index in [9.17, 15) is 4.39 Å². The van der Waals surface area contributed by atoms with Gasteiger partial charge in [-0.3, -0.25) is 0 Å². The normalized spacial score (nSPS) is 18.5. The van der Waals surface area contributed by atoms with Crippen LogP contribution in [0.15, 0.2) is 24.3 Å². The van der Waals surface area contributed by atoms with Crippen LogP contribution in [0.3, 0.4) is 0 Å². The van der Waals surface area contributed by atoms with Crippen LogP contribution in [0, 0.1) is 5.82 Å². The average molecular weight is 208 g/mol. The lowest BCUT2D eigenvalue weighted by molar-refractivity contribution is 0.304. The van der Waals surface area contributed by atoms with Crippen LogP contribution in [0.5, 0.6) is 0 Å². The molecule has 82 valence electrons. The van der Waals surface area contributed by atoms with Crippen molar-refractivity contribution >= 4 is 0 Å². The molecule has 3 N–H and O–H groups in total. The van der Waals surface area contributed by atoms with E-state index < -0.39 is 0 Å². The van der Waals surface area contributed by atoms with Gasteiger partial charge in [-0.05, 0) is 18.9 Å². The molecule has 1 aliphatic rings. The van der Waals surface area contributed by atoms with Gasteiger partial charge in [0.05, 0.1) is 0 Å². The van der Waals surface area contributed by atoms with Crippen LogP contribution in [0.4, 0.5) is 4.39 Å². The maximum Gasteiger partial charge on any atom is 0.128 e. The topological polar surface area (TPSA) is 38.0 Å². The molecule has 1 aliphatic carbocycles. The summed E-state index contributed by atoms with van der Waals surface area (Å²) in [6, 6.07) is 7.33. The molecule has 3 heteroatoms. The summed E-state index contributed by atoms with van der Waals surface area (Å²) >= 11 is 0. The summed E-state index contributed by atoms with van der Waals surface area (Å²) in [5.41, 5.74) is 6.36. The first-order valence-corrected chi connectivity index (χ1v) is 5.52. The van der Waals surface area contributed by atoms with Crippen LogP contribution in [-0.4, -0.2) is 12.6 Å². The van der Waals surface area contributed by atoms with E-state index in [-0.39, 0.29) is 11.9 Å². The summed E-state index contributed by atoms with van der Waals surface area (Å²) in [6.45, 7) is 0.442. The molecule has 0 heterocycles. The first-order valence-electron chi connectivity index (χ1n) is 5.52. The van der Waals surface area contributed by atoms with E-state index in [4.69, 9.17) is 5.73 Å². The SMILES string of the molecule is NCC(NC1CCC1)c1ccccc1F. The molecular formula is C12H17FN2. The molecule has 1 unspecified atom stereocenters. The zero-order chi connectivity index (χ0) is 10.7. The lowest BCUT2D eigenvalue weighted by Gasteiger charge is -2.31. The zero-order valence-corrected chi connectivity index (χ0v) is 8.75. The molecule has 1 aromatic rings. The summed E-state index contributed by atoms with van der Waals surface area (Å²) in [4.78, 5) is 0. The molecular weight excluding hydrogens is 191 g/mol. The summed E-state index contributed by atoms with van der Waals surface area (Å²) in [5.74, 6) is -0.167. The Morgan fingerprint density at radius 2 is 2.13 bits per heavy atom. The highest BCUT2D eigenvalue weighted by molar-refractivity contribution is 5.21. The molecule has 0 bridgehead atoms. The molecule has 1 atom stereocenters. The second kappa shape index (κ2) is 4.73. The predicted octanol–water partition coefficient (Wildman–Crippen LogP) is 1.97. The van der Waals surface area contributed by atoms with Gasteiger partial charge in [0.1, 0.15) is 5.82 Å². The summed E-state index contributed by atoms with van der Waals surface area (Å²) < 4.78 is 13.5. The smallest absolute Gasteiger partial charge is 0.128 e. The summed E-state index contributed by atoms with van der Waals surface area (Å²) in [6.07, 6.45) is 3.64. The minimum Gasteiger partial charge on any atom is -0.329 e. The van der Waals surface area contributed by atoms with Crippen molar-refractivity contribution in [2.75, 3.05) is 6.54 Å². The lowest BCUT2D eigenvalue weighted by Crippen LogP contribution is -2.41. The Morgan fingerprint density at radius 1 is 1.40 bits per heavy atom. The highest BCUT2D eigenvalue weighted by Gasteiger charge is 2.22. The van der Waals surface area contributed by atoms with E-state index in [0.29, 0.717) is 18.2 Å². The van der Waals surface area contributed by atoms with E-state index in [1.165, 1.54) is 25.3 Å². The largest absolute Gasteiger partial charge is 0.329 e. The lowest BCUT2D eigenvalue weighted by atomic mass is 9.91. The maximum absolute atomic E-state index is 13.5. The van der Waals surface area contributed by atoms with Gasteiger partial charge in [-0.25, -0.2) is 4.39 Å². The van der Waals surface area contributed by atoms with E-state index >= 15 is 0 Å². The highest BCUT2D eigenvalue weighted by atomic mass is 19.1. The van der Waals surface area contributed by atoms with Crippen molar-refractivity contribution in [2.24, 2.45) is 5.73 Å². The molecule has 1 fully saturated rings.